The molecule has 1 unspecified atom stereocenters. The van der Waals surface area contributed by atoms with Crippen LogP contribution in [0.25, 0.3) is 22.0 Å². The lowest BCUT2D eigenvalue weighted by molar-refractivity contribution is -0.142. The Balaban J connectivity index is 0.773. The number of aryl methyl sites for hydroxylation is 1. The molecule has 79 heavy (non-hydrogen) atoms. The van der Waals surface area contributed by atoms with E-state index in [2.05, 4.69) is 71.5 Å². The smallest absolute Gasteiger partial charge is 0.407 e. The zero-order chi connectivity index (χ0) is 55.2. The largest absolute Gasteiger partial charge is 0.468 e. The molecule has 5 N–H and O–H groups in total. The van der Waals surface area contributed by atoms with Gasteiger partial charge in [0.1, 0.15) is 18.2 Å². The maximum absolute atomic E-state index is 13.6. The van der Waals surface area contributed by atoms with Crippen molar-refractivity contribution in [2.24, 2.45) is 0 Å². The molecule has 404 valence electrons. The van der Waals surface area contributed by atoms with Crippen LogP contribution in [-0.2, 0) is 53.0 Å². The van der Waals surface area contributed by atoms with Crippen LogP contribution in [0.3, 0.4) is 0 Å². The maximum atomic E-state index is 13.6. The van der Waals surface area contributed by atoms with Gasteiger partial charge >= 0.3 is 12.1 Å². The van der Waals surface area contributed by atoms with Crippen LogP contribution in [0.2, 0.25) is 0 Å². The van der Waals surface area contributed by atoms with Gasteiger partial charge in [0.25, 0.3) is 5.91 Å². The number of imidazole rings is 1. The number of anilines is 1. The van der Waals surface area contributed by atoms with Crippen molar-refractivity contribution in [2.75, 3.05) is 38.6 Å². The molecule has 2 amide bonds. The first kappa shape index (κ1) is 54.8. The first-order chi connectivity index (χ1) is 38.4. The fraction of sp³-hybridized carbons (Fsp3) is 0.169. The minimum Gasteiger partial charge on any atom is -0.468 e. The number of carbonyl (C=O) groups excluding carboxylic acids is 3. The number of rotatable bonds is 24. The third-order valence-electron chi connectivity index (χ3n) is 13.1. The number of amides is 2. The number of benzene rings is 7. The molecule has 9 rings (SSSR count). The Labute approximate surface area is 457 Å². The second-order valence-corrected chi connectivity index (χ2v) is 21.7. The SMILES string of the molecule is COC(=O)C(CNC(=O)c1ccc2c(cnn2CCCNc2nccn2C(c2ccccc2)(c2ccccc2)c2ccccc2)c1)NS(=O)(=O)c1ccc(-c2ccc(S(=O)(=O)NCCNC(=O)OCc3ccccc3)cc2)cc1. The maximum Gasteiger partial charge on any atom is 0.407 e. The fourth-order valence-electron chi connectivity index (χ4n) is 9.22. The highest BCUT2D eigenvalue weighted by atomic mass is 32.2. The van der Waals surface area contributed by atoms with Crippen molar-refractivity contribution in [3.05, 3.63) is 234 Å². The molecule has 1 atom stereocenters. The van der Waals surface area contributed by atoms with Gasteiger partial charge in [-0.2, -0.15) is 9.82 Å². The van der Waals surface area contributed by atoms with E-state index in [4.69, 9.17) is 14.5 Å². The number of hydrogen-bond donors (Lipinski definition) is 5. The summed E-state index contributed by atoms with van der Waals surface area (Å²) in [6, 6.07) is 55.6. The van der Waals surface area contributed by atoms with Crippen molar-refractivity contribution in [3.63, 3.8) is 0 Å². The van der Waals surface area contributed by atoms with E-state index in [0.717, 1.165) is 34.9 Å². The summed E-state index contributed by atoms with van der Waals surface area (Å²) in [5.74, 6) is -0.765. The summed E-state index contributed by atoms with van der Waals surface area (Å²) in [6.07, 6.45) is 5.49. The number of carbonyl (C=O) groups is 3. The van der Waals surface area contributed by atoms with Crippen molar-refractivity contribution >= 4 is 54.9 Å². The number of nitrogens with zero attached hydrogens (tertiary/aromatic N) is 4. The van der Waals surface area contributed by atoms with E-state index in [1.165, 1.54) is 36.4 Å². The minimum atomic E-state index is -4.32. The van der Waals surface area contributed by atoms with Gasteiger partial charge in [0.05, 0.1) is 28.6 Å². The molecule has 2 heterocycles. The lowest BCUT2D eigenvalue weighted by Crippen LogP contribution is -2.48. The summed E-state index contributed by atoms with van der Waals surface area (Å²) < 4.78 is 71.9. The number of ether oxygens (including phenoxy) is 2. The molecular formula is C59H57N9O9S2. The summed E-state index contributed by atoms with van der Waals surface area (Å²) in [5, 5.41) is 14.1. The van der Waals surface area contributed by atoms with Gasteiger partial charge in [-0.1, -0.05) is 146 Å². The predicted molar refractivity (Wildman–Crippen MR) is 300 cm³/mol. The molecule has 7 aromatic carbocycles. The zero-order valence-corrected chi connectivity index (χ0v) is 44.6. The van der Waals surface area contributed by atoms with E-state index < -0.39 is 56.1 Å². The van der Waals surface area contributed by atoms with Crippen LogP contribution < -0.4 is 25.4 Å². The topological polar surface area (TPSA) is 234 Å². The molecule has 0 fully saturated rings. The monoisotopic (exact) mass is 1100 g/mol. The summed E-state index contributed by atoms with van der Waals surface area (Å²) in [6.45, 7) is 0.708. The molecule has 18 nitrogen and oxygen atoms in total. The number of fused-ring (bicyclic) bond motifs is 1. The fourth-order valence-corrected chi connectivity index (χ4v) is 11.4. The standard InChI is InChI=1S/C59H57N9O9S2/c1-76-56(70)53(66-79(74,75)52-30-25-45(26-31-52)44-23-28-51(29-24-44)78(72,73)65-35-34-62-58(71)77-42-43-15-6-2-7-16-43)41-63-55(69)46-27-32-54-47(39-46)40-64-68(54)37-14-33-60-57-61-36-38-67(57)59(48-17-8-3-9-18-48,49-19-10-4-11-20-49)50-21-12-5-13-22-50/h2-13,15-32,36,38-40,53,65-66H,14,33-35,37,41-42H2,1H3,(H,60,61)(H,62,71)(H,63,69). The molecule has 0 saturated carbocycles. The van der Waals surface area contributed by atoms with Crippen LogP contribution >= 0.6 is 0 Å². The van der Waals surface area contributed by atoms with E-state index in [0.29, 0.717) is 42.0 Å². The third kappa shape index (κ3) is 12.9. The summed E-state index contributed by atoms with van der Waals surface area (Å²) in [4.78, 5) is 43.0. The Morgan fingerprint density at radius 2 is 1.22 bits per heavy atom. The van der Waals surface area contributed by atoms with Gasteiger partial charge < -0.3 is 25.4 Å². The number of alkyl carbamates (subject to hydrolysis) is 1. The number of esters is 1. The number of hydrogen-bond acceptors (Lipinski definition) is 12. The lowest BCUT2D eigenvalue weighted by Gasteiger charge is -2.38. The number of nitrogens with one attached hydrogen (secondary N) is 5. The van der Waals surface area contributed by atoms with Gasteiger partial charge in [0, 0.05) is 56.1 Å². The predicted octanol–water partition coefficient (Wildman–Crippen LogP) is 7.70. The van der Waals surface area contributed by atoms with Gasteiger partial charge in [0.2, 0.25) is 26.0 Å². The number of sulfonamides is 2. The van der Waals surface area contributed by atoms with E-state index in [-0.39, 0.29) is 35.1 Å². The van der Waals surface area contributed by atoms with Gasteiger partial charge in [0.15, 0.2) is 0 Å². The van der Waals surface area contributed by atoms with Gasteiger partial charge in [-0.05, 0) is 82.3 Å². The highest BCUT2D eigenvalue weighted by Crippen LogP contribution is 2.42. The molecule has 0 aliphatic rings. The highest BCUT2D eigenvalue weighted by Gasteiger charge is 2.40. The number of methoxy groups -OCH3 is 1. The van der Waals surface area contributed by atoms with Gasteiger partial charge in [-0.15, -0.1) is 0 Å². The second-order valence-electron chi connectivity index (χ2n) is 18.2. The average Bonchev–Trinajstić information content (AvgIpc) is 4.38. The van der Waals surface area contributed by atoms with Crippen LogP contribution in [0.15, 0.2) is 216 Å². The Bertz CT molecular complexity index is 3640. The van der Waals surface area contributed by atoms with E-state index in [9.17, 15) is 31.2 Å². The van der Waals surface area contributed by atoms with Crippen molar-refractivity contribution in [1.29, 1.82) is 0 Å². The minimum absolute atomic E-state index is 0.00401. The van der Waals surface area contributed by atoms with Crippen LogP contribution in [-0.4, -0.2) is 93.5 Å². The van der Waals surface area contributed by atoms with Gasteiger partial charge in [-0.3, -0.25) is 18.8 Å². The van der Waals surface area contributed by atoms with Crippen molar-refractivity contribution in [3.8, 4) is 11.1 Å². The Morgan fingerprint density at radius 3 is 1.80 bits per heavy atom. The highest BCUT2D eigenvalue weighted by molar-refractivity contribution is 7.89. The average molecular weight is 1100 g/mol. The molecule has 0 aliphatic heterocycles. The first-order valence-corrected chi connectivity index (χ1v) is 28.3. The Kier molecular flexibility index (Phi) is 17.4. The zero-order valence-electron chi connectivity index (χ0n) is 42.9. The van der Waals surface area contributed by atoms with Crippen LogP contribution in [0.1, 0.15) is 39.0 Å². The molecule has 9 aromatic rings. The Hall–Kier alpha value is -8.95. The van der Waals surface area contributed by atoms with E-state index >= 15 is 0 Å². The molecule has 20 heteroatoms. The van der Waals surface area contributed by atoms with Crippen LogP contribution in [0.5, 0.6) is 0 Å². The van der Waals surface area contributed by atoms with Crippen LogP contribution in [0, 0.1) is 0 Å². The number of aromatic nitrogens is 4. The molecule has 0 aliphatic carbocycles. The van der Waals surface area contributed by atoms with Crippen LogP contribution in [0.4, 0.5) is 10.7 Å². The molecule has 0 bridgehead atoms. The van der Waals surface area contributed by atoms with E-state index in [1.807, 2.05) is 95.8 Å². The molecule has 0 radical (unpaired) electrons. The molecular weight excluding hydrogens is 1040 g/mol. The second kappa shape index (κ2) is 25.0. The van der Waals surface area contributed by atoms with Crippen molar-refractivity contribution < 1.29 is 40.7 Å². The van der Waals surface area contributed by atoms with Crippen molar-refractivity contribution in [1.82, 2.24) is 39.4 Å². The third-order valence-corrected chi connectivity index (χ3v) is 16.1. The summed E-state index contributed by atoms with van der Waals surface area (Å²) >= 11 is 0. The summed E-state index contributed by atoms with van der Waals surface area (Å²) in [5.41, 5.74) is 5.59. The normalized spacial score (nSPS) is 12.1. The van der Waals surface area contributed by atoms with E-state index in [1.54, 1.807) is 42.7 Å². The van der Waals surface area contributed by atoms with Gasteiger partial charge in [-0.25, -0.2) is 31.3 Å². The lowest BCUT2D eigenvalue weighted by atomic mass is 9.76. The molecule has 0 saturated heterocycles. The molecule has 0 spiro atoms. The quantitative estimate of drug-likeness (QED) is 0.0223. The summed E-state index contributed by atoms with van der Waals surface area (Å²) in [7, 11) is -7.13. The first-order valence-electron chi connectivity index (χ1n) is 25.3. The molecule has 2 aromatic heterocycles. The Morgan fingerprint density at radius 1 is 0.646 bits per heavy atom. The van der Waals surface area contributed by atoms with Crippen molar-refractivity contribution in [2.45, 2.75) is 40.9 Å².